The van der Waals surface area contributed by atoms with E-state index < -0.39 is 5.91 Å². The van der Waals surface area contributed by atoms with Crippen molar-refractivity contribution >= 4 is 45.1 Å². The summed E-state index contributed by atoms with van der Waals surface area (Å²) in [5.41, 5.74) is 7.47. The zero-order chi connectivity index (χ0) is 24.2. The Hall–Kier alpha value is -2.65. The molecule has 180 valence electrons. The van der Waals surface area contributed by atoms with E-state index in [-0.39, 0.29) is 30.2 Å². The van der Waals surface area contributed by atoms with Crippen molar-refractivity contribution in [3.8, 4) is 0 Å². The minimum atomic E-state index is -0.443. The lowest BCUT2D eigenvalue weighted by Gasteiger charge is -2.22. The normalized spacial score (nSPS) is 15.3. The van der Waals surface area contributed by atoms with Crippen molar-refractivity contribution in [2.75, 3.05) is 12.3 Å². The number of fused-ring (bicyclic) bond motifs is 3. The van der Waals surface area contributed by atoms with Crippen LogP contribution in [0.3, 0.4) is 0 Å². The number of aromatic nitrogens is 2. The van der Waals surface area contributed by atoms with Crippen LogP contribution in [0.15, 0.2) is 40.3 Å². The van der Waals surface area contributed by atoms with Crippen LogP contribution in [0.4, 0.5) is 0 Å². The van der Waals surface area contributed by atoms with Crippen molar-refractivity contribution in [1.82, 2.24) is 14.5 Å². The van der Waals surface area contributed by atoms with Gasteiger partial charge in [0.1, 0.15) is 4.83 Å². The van der Waals surface area contributed by atoms with Crippen LogP contribution < -0.4 is 11.3 Å². The third-order valence-corrected chi connectivity index (χ3v) is 8.33. The van der Waals surface area contributed by atoms with Gasteiger partial charge in [-0.25, -0.2) is 4.98 Å². The van der Waals surface area contributed by atoms with E-state index in [1.807, 2.05) is 37.3 Å². The van der Waals surface area contributed by atoms with E-state index in [0.717, 1.165) is 35.0 Å². The van der Waals surface area contributed by atoms with Gasteiger partial charge in [0.15, 0.2) is 5.16 Å². The Morgan fingerprint density at radius 1 is 1.29 bits per heavy atom. The number of hydrogen-bond acceptors (Lipinski definition) is 6. The van der Waals surface area contributed by atoms with E-state index in [1.54, 1.807) is 20.8 Å². The molecule has 9 heteroatoms. The number of aryl methyl sites for hydroxylation is 1. The molecule has 2 aromatic heterocycles. The molecule has 1 unspecified atom stereocenters. The van der Waals surface area contributed by atoms with Crippen LogP contribution in [-0.4, -0.2) is 38.6 Å². The first-order valence-corrected chi connectivity index (χ1v) is 13.5. The van der Waals surface area contributed by atoms with Crippen molar-refractivity contribution < 1.29 is 9.59 Å². The van der Waals surface area contributed by atoms with Gasteiger partial charge < -0.3 is 10.6 Å². The summed E-state index contributed by atoms with van der Waals surface area (Å²) in [6.07, 6.45) is 3.12. The Balaban J connectivity index is 1.56. The SMILES string of the molecule is CCn1c(SCC(=O)N(CCC(N)=O)Cc2ccccc2)nc2sc3c(c2c1=O)CCC(C)C3. The van der Waals surface area contributed by atoms with Gasteiger partial charge in [0.2, 0.25) is 11.8 Å². The lowest BCUT2D eigenvalue weighted by atomic mass is 9.89. The van der Waals surface area contributed by atoms with Gasteiger partial charge in [-0.1, -0.05) is 49.0 Å². The van der Waals surface area contributed by atoms with E-state index in [0.29, 0.717) is 24.2 Å². The Morgan fingerprint density at radius 2 is 2.06 bits per heavy atom. The van der Waals surface area contributed by atoms with Crippen LogP contribution in [0, 0.1) is 5.92 Å². The third kappa shape index (κ3) is 5.36. The maximum atomic E-state index is 13.4. The second-order valence-electron chi connectivity index (χ2n) is 8.78. The molecule has 1 atom stereocenters. The second kappa shape index (κ2) is 10.7. The lowest BCUT2D eigenvalue weighted by molar-refractivity contribution is -0.129. The number of nitrogens with two attached hydrogens (primary N) is 1. The molecule has 2 heterocycles. The van der Waals surface area contributed by atoms with Crippen LogP contribution in [0.5, 0.6) is 0 Å². The monoisotopic (exact) mass is 498 g/mol. The average Bonchev–Trinajstić information content (AvgIpc) is 3.18. The second-order valence-corrected chi connectivity index (χ2v) is 10.8. The van der Waals surface area contributed by atoms with Gasteiger partial charge in [0.25, 0.3) is 5.56 Å². The third-order valence-electron chi connectivity index (χ3n) is 6.22. The topological polar surface area (TPSA) is 98.3 Å². The number of primary amides is 1. The molecule has 3 aromatic rings. The zero-order valence-corrected chi connectivity index (χ0v) is 21.2. The highest BCUT2D eigenvalue weighted by Crippen LogP contribution is 2.36. The Labute approximate surface area is 207 Å². The van der Waals surface area contributed by atoms with E-state index in [2.05, 4.69) is 6.92 Å². The number of thioether (sulfide) groups is 1. The van der Waals surface area contributed by atoms with Crippen LogP contribution >= 0.6 is 23.1 Å². The molecule has 7 nitrogen and oxygen atoms in total. The van der Waals surface area contributed by atoms with E-state index in [4.69, 9.17) is 10.7 Å². The number of hydrogen-bond donors (Lipinski definition) is 1. The first-order chi connectivity index (χ1) is 16.4. The summed E-state index contributed by atoms with van der Waals surface area (Å²) in [5, 5.41) is 1.33. The molecular weight excluding hydrogens is 468 g/mol. The highest BCUT2D eigenvalue weighted by atomic mass is 32.2. The molecular formula is C25H30N4O3S2. The summed E-state index contributed by atoms with van der Waals surface area (Å²) in [7, 11) is 0. The van der Waals surface area contributed by atoms with Crippen LogP contribution in [0.25, 0.3) is 10.2 Å². The largest absolute Gasteiger partial charge is 0.370 e. The number of benzene rings is 1. The van der Waals surface area contributed by atoms with Crippen molar-refractivity contribution in [1.29, 1.82) is 0 Å². The fourth-order valence-electron chi connectivity index (χ4n) is 4.35. The Kier molecular flexibility index (Phi) is 7.73. The molecule has 0 fully saturated rings. The molecule has 0 aliphatic heterocycles. The van der Waals surface area contributed by atoms with Gasteiger partial charge in [0.05, 0.1) is 11.1 Å². The minimum Gasteiger partial charge on any atom is -0.370 e. The molecule has 2 N–H and O–H groups in total. The van der Waals surface area contributed by atoms with Crippen LogP contribution in [0.1, 0.15) is 42.7 Å². The molecule has 0 radical (unpaired) electrons. The van der Waals surface area contributed by atoms with E-state index in [1.165, 1.54) is 22.2 Å². The maximum absolute atomic E-state index is 13.4. The Morgan fingerprint density at radius 3 is 2.76 bits per heavy atom. The summed E-state index contributed by atoms with van der Waals surface area (Å²) < 4.78 is 1.68. The van der Waals surface area contributed by atoms with Gasteiger partial charge in [0, 0.05) is 30.9 Å². The summed E-state index contributed by atoms with van der Waals surface area (Å²) in [6.45, 7) is 5.32. The molecule has 0 saturated heterocycles. The molecule has 4 rings (SSSR count). The molecule has 1 aliphatic rings. The molecule has 0 spiro atoms. The number of amides is 2. The summed E-state index contributed by atoms with van der Waals surface area (Å²) >= 11 is 2.90. The highest BCUT2D eigenvalue weighted by molar-refractivity contribution is 7.99. The molecule has 2 amide bonds. The zero-order valence-electron chi connectivity index (χ0n) is 19.6. The van der Waals surface area contributed by atoms with Gasteiger partial charge in [-0.3, -0.25) is 19.0 Å². The molecule has 0 bridgehead atoms. The molecule has 1 aliphatic carbocycles. The summed E-state index contributed by atoms with van der Waals surface area (Å²) in [4.78, 5) is 46.3. The number of nitrogens with zero attached hydrogens (tertiary/aromatic N) is 3. The summed E-state index contributed by atoms with van der Waals surface area (Å²) in [6, 6.07) is 9.65. The number of rotatable bonds is 9. The van der Waals surface area contributed by atoms with Crippen molar-refractivity contribution in [3.63, 3.8) is 0 Å². The maximum Gasteiger partial charge on any atom is 0.263 e. The fourth-order valence-corrected chi connectivity index (χ4v) is 6.74. The van der Waals surface area contributed by atoms with E-state index >= 15 is 0 Å². The summed E-state index contributed by atoms with van der Waals surface area (Å²) in [5.74, 6) is 0.190. The number of carbonyl (C=O) groups excluding carboxylic acids is 2. The van der Waals surface area contributed by atoms with Crippen LogP contribution in [-0.2, 0) is 35.5 Å². The predicted molar refractivity (Wildman–Crippen MR) is 137 cm³/mol. The van der Waals surface area contributed by atoms with Gasteiger partial charge >= 0.3 is 0 Å². The van der Waals surface area contributed by atoms with E-state index in [9.17, 15) is 14.4 Å². The fraction of sp³-hybridized carbons (Fsp3) is 0.440. The van der Waals surface area contributed by atoms with Gasteiger partial charge in [-0.05, 0) is 43.2 Å². The van der Waals surface area contributed by atoms with Gasteiger partial charge in [-0.15, -0.1) is 11.3 Å². The molecule has 1 aromatic carbocycles. The highest BCUT2D eigenvalue weighted by Gasteiger charge is 2.25. The number of thiophene rings is 1. The first kappa shape index (κ1) is 24.5. The molecule has 0 saturated carbocycles. The van der Waals surface area contributed by atoms with Gasteiger partial charge in [-0.2, -0.15) is 0 Å². The lowest BCUT2D eigenvalue weighted by Crippen LogP contribution is -2.35. The first-order valence-electron chi connectivity index (χ1n) is 11.6. The Bertz CT molecular complexity index is 1250. The minimum absolute atomic E-state index is 0.00984. The molecule has 34 heavy (non-hydrogen) atoms. The van der Waals surface area contributed by atoms with Crippen LogP contribution in [0.2, 0.25) is 0 Å². The standard InChI is InChI=1S/C25H30N4O3S2/c1-3-29-24(32)22-18-10-9-16(2)13-19(18)34-23(22)27-25(29)33-15-21(31)28(12-11-20(26)30)14-17-7-5-4-6-8-17/h4-8,16H,3,9-15H2,1-2H3,(H2,26,30). The number of carbonyl (C=O) groups is 2. The smallest absolute Gasteiger partial charge is 0.263 e. The predicted octanol–water partition coefficient (Wildman–Crippen LogP) is 3.60. The van der Waals surface area contributed by atoms with Crippen molar-refractivity contribution in [2.45, 2.75) is 57.8 Å². The average molecular weight is 499 g/mol. The quantitative estimate of drug-likeness (QED) is 0.359. The van der Waals surface area contributed by atoms with Crippen molar-refractivity contribution in [3.05, 3.63) is 56.7 Å². The van der Waals surface area contributed by atoms with Crippen molar-refractivity contribution in [2.24, 2.45) is 11.7 Å².